The van der Waals surface area contributed by atoms with Crippen molar-refractivity contribution < 1.29 is 4.79 Å². The first kappa shape index (κ1) is 13.9. The minimum atomic E-state index is 0.183. The van der Waals surface area contributed by atoms with Gasteiger partial charge in [0, 0.05) is 16.8 Å². The molecule has 0 spiro atoms. The number of carbonyl (C=O) groups excluding carboxylic acids is 1. The Hall–Kier alpha value is -0.0500. The summed E-state index contributed by atoms with van der Waals surface area (Å²) in [5, 5.41) is 3.04. The fourth-order valence-electron chi connectivity index (χ4n) is 1.57. The fraction of sp³-hybridized carbons (Fsp3) is 0.909. The molecule has 0 aliphatic rings. The SMILES string of the molecule is CCC(CC)C(=O)NC(C)CC(C)Br. The molecule has 0 aliphatic carbocycles. The average Bonchev–Trinajstić information content (AvgIpc) is 2.04. The summed E-state index contributed by atoms with van der Waals surface area (Å²) in [6.45, 7) is 8.27. The molecule has 0 bridgehead atoms. The van der Waals surface area contributed by atoms with Crippen molar-refractivity contribution in [3.05, 3.63) is 0 Å². The van der Waals surface area contributed by atoms with Crippen LogP contribution in [0, 0.1) is 5.92 Å². The molecule has 0 heterocycles. The highest BCUT2D eigenvalue weighted by molar-refractivity contribution is 9.09. The molecule has 0 aromatic carbocycles. The van der Waals surface area contributed by atoms with Crippen LogP contribution in [0.5, 0.6) is 0 Å². The Bertz CT molecular complexity index is 167. The first-order valence-electron chi connectivity index (χ1n) is 5.45. The highest BCUT2D eigenvalue weighted by atomic mass is 79.9. The van der Waals surface area contributed by atoms with Crippen LogP contribution < -0.4 is 5.32 Å². The van der Waals surface area contributed by atoms with E-state index in [4.69, 9.17) is 0 Å². The predicted octanol–water partition coefficient (Wildman–Crippen LogP) is 3.10. The number of amides is 1. The number of rotatable bonds is 6. The van der Waals surface area contributed by atoms with Crippen molar-refractivity contribution in [1.82, 2.24) is 5.32 Å². The van der Waals surface area contributed by atoms with Gasteiger partial charge in [-0.2, -0.15) is 0 Å². The molecule has 0 aromatic rings. The third-order valence-corrected chi connectivity index (χ3v) is 2.80. The highest BCUT2D eigenvalue weighted by Gasteiger charge is 2.16. The molecule has 0 radical (unpaired) electrons. The molecule has 14 heavy (non-hydrogen) atoms. The van der Waals surface area contributed by atoms with Crippen LogP contribution in [0.3, 0.4) is 0 Å². The molecule has 3 heteroatoms. The number of alkyl halides is 1. The number of carbonyl (C=O) groups is 1. The molecule has 0 rings (SSSR count). The zero-order valence-corrected chi connectivity index (χ0v) is 11.2. The Morgan fingerprint density at radius 1 is 1.29 bits per heavy atom. The van der Waals surface area contributed by atoms with E-state index in [-0.39, 0.29) is 17.9 Å². The summed E-state index contributed by atoms with van der Waals surface area (Å²) in [6, 6.07) is 0.262. The summed E-state index contributed by atoms with van der Waals surface area (Å²) in [5.41, 5.74) is 0. The Morgan fingerprint density at radius 2 is 1.79 bits per heavy atom. The maximum atomic E-state index is 11.7. The van der Waals surface area contributed by atoms with Crippen molar-refractivity contribution in [3.63, 3.8) is 0 Å². The topological polar surface area (TPSA) is 29.1 Å². The molecular weight excluding hydrogens is 242 g/mol. The molecule has 1 amide bonds. The van der Waals surface area contributed by atoms with Crippen LogP contribution in [0.25, 0.3) is 0 Å². The summed E-state index contributed by atoms with van der Waals surface area (Å²) in [7, 11) is 0. The van der Waals surface area contributed by atoms with Crippen LogP contribution in [-0.2, 0) is 4.79 Å². The van der Waals surface area contributed by atoms with E-state index < -0.39 is 0 Å². The molecule has 84 valence electrons. The van der Waals surface area contributed by atoms with Gasteiger partial charge in [0.1, 0.15) is 0 Å². The van der Waals surface area contributed by atoms with E-state index >= 15 is 0 Å². The van der Waals surface area contributed by atoms with Crippen molar-refractivity contribution in [1.29, 1.82) is 0 Å². The quantitative estimate of drug-likeness (QED) is 0.734. The van der Waals surface area contributed by atoms with Crippen molar-refractivity contribution in [2.45, 2.75) is 57.8 Å². The van der Waals surface area contributed by atoms with Crippen LogP contribution in [-0.4, -0.2) is 16.8 Å². The van der Waals surface area contributed by atoms with Gasteiger partial charge in [-0.25, -0.2) is 0 Å². The van der Waals surface area contributed by atoms with E-state index in [1.807, 2.05) is 0 Å². The normalized spacial score (nSPS) is 15.3. The molecule has 0 saturated carbocycles. The van der Waals surface area contributed by atoms with Crippen molar-refractivity contribution in [2.24, 2.45) is 5.92 Å². The summed E-state index contributed by atoms with van der Waals surface area (Å²) in [5.74, 6) is 0.388. The van der Waals surface area contributed by atoms with E-state index in [1.165, 1.54) is 0 Å². The Balaban J connectivity index is 3.91. The zero-order valence-electron chi connectivity index (χ0n) is 9.64. The maximum absolute atomic E-state index is 11.7. The summed E-state index contributed by atoms with van der Waals surface area (Å²) in [4.78, 5) is 12.1. The second-order valence-electron chi connectivity index (χ2n) is 3.94. The van der Waals surface area contributed by atoms with Crippen molar-refractivity contribution >= 4 is 21.8 Å². The van der Waals surface area contributed by atoms with Crippen LogP contribution >= 0.6 is 15.9 Å². The van der Waals surface area contributed by atoms with Crippen molar-refractivity contribution in [3.8, 4) is 0 Å². The summed E-state index contributed by atoms with van der Waals surface area (Å²) in [6.07, 6.45) is 2.84. The van der Waals surface area contributed by atoms with E-state index in [1.54, 1.807) is 0 Å². The monoisotopic (exact) mass is 263 g/mol. The maximum Gasteiger partial charge on any atom is 0.223 e. The van der Waals surface area contributed by atoms with Crippen LogP contribution in [0.2, 0.25) is 0 Å². The Morgan fingerprint density at radius 3 is 2.14 bits per heavy atom. The van der Waals surface area contributed by atoms with Gasteiger partial charge < -0.3 is 5.32 Å². The van der Waals surface area contributed by atoms with Gasteiger partial charge in [0.25, 0.3) is 0 Å². The predicted molar refractivity (Wildman–Crippen MR) is 64.7 cm³/mol. The average molecular weight is 264 g/mol. The number of hydrogen-bond donors (Lipinski definition) is 1. The number of halogens is 1. The molecule has 0 aliphatic heterocycles. The molecular formula is C11H22BrNO. The van der Waals surface area contributed by atoms with E-state index in [9.17, 15) is 4.79 Å². The van der Waals surface area contributed by atoms with Gasteiger partial charge in [-0.3, -0.25) is 4.79 Å². The van der Waals surface area contributed by atoms with Gasteiger partial charge in [-0.05, 0) is 26.2 Å². The molecule has 2 nitrogen and oxygen atoms in total. The summed E-state index contributed by atoms with van der Waals surface area (Å²) >= 11 is 3.48. The van der Waals surface area contributed by atoms with E-state index in [0.29, 0.717) is 4.83 Å². The molecule has 0 fully saturated rings. The lowest BCUT2D eigenvalue weighted by Gasteiger charge is -2.19. The molecule has 0 saturated heterocycles. The van der Waals surface area contributed by atoms with Gasteiger partial charge in [0.2, 0.25) is 5.91 Å². The molecule has 2 unspecified atom stereocenters. The molecule has 0 aromatic heterocycles. The van der Waals surface area contributed by atoms with Crippen LogP contribution in [0.1, 0.15) is 47.0 Å². The van der Waals surface area contributed by atoms with Gasteiger partial charge in [-0.15, -0.1) is 0 Å². The first-order chi connectivity index (χ1) is 6.51. The minimum Gasteiger partial charge on any atom is -0.353 e. The fourth-order valence-corrected chi connectivity index (χ4v) is 2.13. The third kappa shape index (κ3) is 5.63. The van der Waals surface area contributed by atoms with E-state index in [0.717, 1.165) is 19.3 Å². The molecule has 2 atom stereocenters. The Labute approximate surface area is 96.0 Å². The smallest absolute Gasteiger partial charge is 0.223 e. The van der Waals surface area contributed by atoms with Gasteiger partial charge in [0.05, 0.1) is 0 Å². The van der Waals surface area contributed by atoms with Crippen LogP contribution in [0.15, 0.2) is 0 Å². The van der Waals surface area contributed by atoms with Crippen molar-refractivity contribution in [2.75, 3.05) is 0 Å². The lowest BCUT2D eigenvalue weighted by molar-refractivity contribution is -0.125. The lowest BCUT2D eigenvalue weighted by Crippen LogP contribution is -2.37. The van der Waals surface area contributed by atoms with E-state index in [2.05, 4.69) is 48.9 Å². The minimum absolute atomic E-state index is 0.183. The standard InChI is InChI=1S/C11H22BrNO/c1-5-10(6-2)11(14)13-9(4)7-8(3)12/h8-10H,5-7H2,1-4H3,(H,13,14). The molecule has 1 N–H and O–H groups in total. The van der Waals surface area contributed by atoms with Gasteiger partial charge in [0.15, 0.2) is 0 Å². The van der Waals surface area contributed by atoms with Gasteiger partial charge >= 0.3 is 0 Å². The first-order valence-corrected chi connectivity index (χ1v) is 6.37. The largest absolute Gasteiger partial charge is 0.353 e. The van der Waals surface area contributed by atoms with Crippen LogP contribution in [0.4, 0.5) is 0 Å². The zero-order chi connectivity index (χ0) is 11.1. The number of nitrogens with one attached hydrogen (secondary N) is 1. The summed E-state index contributed by atoms with van der Waals surface area (Å²) < 4.78 is 0. The Kier molecular flexibility index (Phi) is 7.24. The van der Waals surface area contributed by atoms with Gasteiger partial charge in [-0.1, -0.05) is 36.7 Å². The number of hydrogen-bond acceptors (Lipinski definition) is 1. The second-order valence-corrected chi connectivity index (χ2v) is 5.50. The highest BCUT2D eigenvalue weighted by Crippen LogP contribution is 2.10. The lowest BCUT2D eigenvalue weighted by atomic mass is 10.0. The third-order valence-electron chi connectivity index (χ3n) is 2.42. The second kappa shape index (κ2) is 7.27.